The fraction of sp³-hybridized carbons (Fsp3) is 0.795. The van der Waals surface area contributed by atoms with Crippen LogP contribution in [-0.2, 0) is 38.1 Å². The number of hydrogen-bond acceptors (Lipinski definition) is 10. The lowest BCUT2D eigenvalue weighted by atomic mass is 10.2. The van der Waals surface area contributed by atoms with E-state index in [2.05, 4.69) is 17.8 Å². The van der Waals surface area contributed by atoms with Crippen molar-refractivity contribution >= 4 is 23.9 Å². The van der Waals surface area contributed by atoms with E-state index < -0.39 is 36.7 Å². The first-order valence-electron chi connectivity index (χ1n) is 10.3. The van der Waals surface area contributed by atoms with Crippen molar-refractivity contribution in [1.29, 1.82) is 0 Å². The summed E-state index contributed by atoms with van der Waals surface area (Å²) < 4.78 is 19.4. The molecule has 0 amide bonds. The Morgan fingerprint density at radius 3 is 0.837 bits per heavy atom. The van der Waals surface area contributed by atoms with Gasteiger partial charge in [-0.05, 0) is 18.8 Å². The second kappa shape index (κ2) is 80.0. The van der Waals surface area contributed by atoms with E-state index in [1.807, 2.05) is 0 Å². The van der Waals surface area contributed by atoms with Gasteiger partial charge in [0, 0.05) is 31.0 Å². The highest BCUT2D eigenvalue weighted by Crippen LogP contribution is 2.03. The van der Waals surface area contributed by atoms with Gasteiger partial charge in [-0.3, -0.25) is 19.2 Å². The number of ether oxygens (including phenoxy) is 4. The fourth-order valence-corrected chi connectivity index (χ4v) is 1.61. The molecule has 0 aliphatic rings. The van der Waals surface area contributed by atoms with Gasteiger partial charge in [0.25, 0.3) is 0 Å². The summed E-state index contributed by atoms with van der Waals surface area (Å²) >= 11 is 0. The molecule has 2 unspecified atom stereocenters. The molecule has 0 aromatic carbocycles. The Balaban J connectivity index is -0.0000000267. The van der Waals surface area contributed by atoms with E-state index >= 15 is 0 Å². The van der Waals surface area contributed by atoms with Crippen LogP contribution in [0.1, 0.15) is 159 Å². The van der Waals surface area contributed by atoms with Crippen LogP contribution in [0.2, 0.25) is 0 Å². The minimum absolute atomic E-state index is 0. The van der Waals surface area contributed by atoms with Crippen molar-refractivity contribution in [1.82, 2.24) is 0 Å². The summed E-state index contributed by atoms with van der Waals surface area (Å²) in [6, 6.07) is 0. The topological polar surface area (TPSA) is 146 Å². The summed E-state index contributed by atoms with van der Waals surface area (Å²) in [5.41, 5.74) is 0. The van der Waals surface area contributed by atoms with Crippen LogP contribution in [0.15, 0.2) is 0 Å². The standard InChI is InChI=1S/C18H30O10.C5H4.16CH4/c1-12(6-19)8-25-15(21)4-17(23)27-10-14(3)11-28-18(24)5-16(22)26-9-13(2)7-20;1-3-5-4-2;;;;;;;;;;;;;;;;/h12-14,19-20H,4-11H2,1-3H3;1H,2H3;16*1H4. The highest BCUT2D eigenvalue weighted by molar-refractivity contribution is 5.91. The summed E-state index contributed by atoms with van der Waals surface area (Å²) in [5, 5.41) is 17.6. The van der Waals surface area contributed by atoms with Crippen LogP contribution in [0.5, 0.6) is 0 Å². The van der Waals surface area contributed by atoms with Gasteiger partial charge < -0.3 is 29.2 Å². The molecular weight excluding hydrogens is 628 g/mol. The molecule has 0 saturated carbocycles. The summed E-state index contributed by atoms with van der Waals surface area (Å²) in [6.07, 6.45) is 3.61. The van der Waals surface area contributed by atoms with E-state index in [0.717, 1.165) is 0 Å². The average molecular weight is 727 g/mol. The van der Waals surface area contributed by atoms with Gasteiger partial charge in [-0.2, -0.15) is 0 Å². The maximum absolute atomic E-state index is 11.5. The van der Waals surface area contributed by atoms with Crippen molar-refractivity contribution in [2.24, 2.45) is 17.8 Å². The molecule has 0 aromatic heterocycles. The highest BCUT2D eigenvalue weighted by Gasteiger charge is 2.17. The molecule has 2 N–H and O–H groups in total. The Labute approximate surface area is 312 Å². The van der Waals surface area contributed by atoms with Gasteiger partial charge in [-0.1, -0.05) is 146 Å². The lowest BCUT2D eigenvalue weighted by molar-refractivity contribution is -0.156. The number of carbonyl (C=O) groups excluding carboxylic acids is 4. The van der Waals surface area contributed by atoms with E-state index in [9.17, 15) is 19.2 Å². The third kappa shape index (κ3) is 86.6. The molecule has 0 heterocycles. The van der Waals surface area contributed by atoms with Crippen LogP contribution < -0.4 is 0 Å². The number of aliphatic hydroxyl groups excluding tert-OH is 2. The normalized spacial score (nSPS) is 8.18. The van der Waals surface area contributed by atoms with Crippen LogP contribution in [0.25, 0.3) is 0 Å². The summed E-state index contributed by atoms with van der Waals surface area (Å²) in [7, 11) is 0. The van der Waals surface area contributed by atoms with Crippen LogP contribution in [0.3, 0.4) is 0 Å². The molecule has 0 rings (SSSR count). The summed E-state index contributed by atoms with van der Waals surface area (Å²) in [5.74, 6) is 3.24. The van der Waals surface area contributed by atoms with E-state index in [-0.39, 0.29) is 176 Å². The molecule has 0 aliphatic heterocycles. The Bertz CT molecular complexity index is 661. The van der Waals surface area contributed by atoms with Gasteiger partial charge in [0.1, 0.15) is 12.8 Å². The predicted octanol–water partition coefficient (Wildman–Crippen LogP) is 10.7. The third-order valence-electron chi connectivity index (χ3n) is 3.51. The first-order valence-corrected chi connectivity index (χ1v) is 10.3. The van der Waals surface area contributed by atoms with Crippen molar-refractivity contribution in [3.05, 3.63) is 0 Å². The van der Waals surface area contributed by atoms with Crippen LogP contribution in [0.4, 0.5) is 0 Å². The Hall–Kier alpha value is -3.08. The highest BCUT2D eigenvalue weighted by atomic mass is 16.6. The second-order valence-electron chi connectivity index (χ2n) is 7.29. The average Bonchev–Trinajstić information content (AvgIpc) is 2.79. The Morgan fingerprint density at radius 1 is 0.490 bits per heavy atom. The number of esters is 4. The monoisotopic (exact) mass is 727 g/mol. The second-order valence-corrected chi connectivity index (χ2v) is 7.29. The zero-order chi connectivity index (χ0) is 25.6. The van der Waals surface area contributed by atoms with E-state index in [0.29, 0.717) is 0 Å². The minimum Gasteiger partial charge on any atom is -0.465 e. The summed E-state index contributed by atoms with van der Waals surface area (Å²) in [6.45, 7) is 6.33. The lowest BCUT2D eigenvalue weighted by Crippen LogP contribution is -2.23. The van der Waals surface area contributed by atoms with Crippen LogP contribution >= 0.6 is 0 Å². The molecule has 2 atom stereocenters. The largest absolute Gasteiger partial charge is 0.465 e. The predicted molar refractivity (Wildman–Crippen MR) is 225 cm³/mol. The molecule has 10 heteroatoms. The molecule has 314 valence electrons. The van der Waals surface area contributed by atoms with E-state index in [4.69, 9.17) is 35.6 Å². The molecule has 0 radical (unpaired) electrons. The summed E-state index contributed by atoms with van der Waals surface area (Å²) in [4.78, 5) is 45.9. The van der Waals surface area contributed by atoms with Crippen molar-refractivity contribution in [2.45, 2.75) is 159 Å². The van der Waals surface area contributed by atoms with Crippen molar-refractivity contribution < 1.29 is 48.3 Å². The molecule has 49 heavy (non-hydrogen) atoms. The number of rotatable bonds is 14. The number of carbonyl (C=O) groups is 4. The van der Waals surface area contributed by atoms with Gasteiger partial charge in [0.15, 0.2) is 0 Å². The van der Waals surface area contributed by atoms with Gasteiger partial charge in [0.05, 0.1) is 26.4 Å². The third-order valence-corrected chi connectivity index (χ3v) is 3.51. The van der Waals surface area contributed by atoms with Gasteiger partial charge in [-0.25, -0.2) is 0 Å². The molecule has 0 fully saturated rings. The molecule has 0 aromatic rings. The van der Waals surface area contributed by atoms with Crippen molar-refractivity contribution in [2.75, 3.05) is 39.6 Å². The maximum Gasteiger partial charge on any atom is 0.317 e. The maximum atomic E-state index is 11.5. The molecular formula is C39H98O10. The van der Waals surface area contributed by atoms with Gasteiger partial charge >= 0.3 is 23.9 Å². The number of aliphatic hydroxyl groups is 2. The van der Waals surface area contributed by atoms with Gasteiger partial charge in [-0.15, -0.1) is 6.42 Å². The van der Waals surface area contributed by atoms with Gasteiger partial charge in [0.2, 0.25) is 0 Å². The van der Waals surface area contributed by atoms with E-state index in [1.165, 1.54) is 0 Å². The zero-order valence-corrected chi connectivity index (χ0v) is 19.6. The molecule has 0 aliphatic carbocycles. The van der Waals surface area contributed by atoms with Crippen LogP contribution in [-0.4, -0.2) is 73.7 Å². The SMILES string of the molecule is C.C.C.C.C.C.C.C.C.C.C.C.C.C.C.C.C#CC#CC.CC(CO)COC(=O)CC(=O)OCC(C)COC(=O)CC(=O)OCC(C)CO. The minimum atomic E-state index is -0.776. The van der Waals surface area contributed by atoms with Crippen molar-refractivity contribution in [3.63, 3.8) is 0 Å². The Kier molecular flexibility index (Phi) is 194. The zero-order valence-electron chi connectivity index (χ0n) is 19.6. The van der Waals surface area contributed by atoms with Crippen molar-refractivity contribution in [3.8, 4) is 24.2 Å². The van der Waals surface area contributed by atoms with E-state index in [1.54, 1.807) is 27.7 Å². The molecule has 10 nitrogen and oxygen atoms in total. The number of terminal acetylenes is 1. The molecule has 0 bridgehead atoms. The fourth-order valence-electron chi connectivity index (χ4n) is 1.61. The lowest BCUT2D eigenvalue weighted by Gasteiger charge is -2.13. The smallest absolute Gasteiger partial charge is 0.317 e. The molecule has 0 spiro atoms. The first-order chi connectivity index (χ1) is 15.6. The number of hydrogen-bond donors (Lipinski definition) is 2. The molecule has 0 saturated heterocycles. The van der Waals surface area contributed by atoms with Crippen LogP contribution in [0, 0.1) is 41.9 Å². The first kappa shape index (κ1) is 119. The Morgan fingerprint density at radius 2 is 0.694 bits per heavy atom. The quantitative estimate of drug-likeness (QED) is 0.0767.